The lowest BCUT2D eigenvalue weighted by Gasteiger charge is -2.04. The van der Waals surface area contributed by atoms with Gasteiger partial charge in [0.05, 0.1) is 22.5 Å². The van der Waals surface area contributed by atoms with Crippen LogP contribution in [0, 0.1) is 6.92 Å². The van der Waals surface area contributed by atoms with E-state index in [1.54, 1.807) is 17.6 Å². The van der Waals surface area contributed by atoms with Crippen molar-refractivity contribution in [2.75, 3.05) is 5.43 Å². The molecule has 0 aliphatic heterocycles. The van der Waals surface area contributed by atoms with E-state index in [1.165, 1.54) is 18.2 Å². The first-order chi connectivity index (χ1) is 9.08. The van der Waals surface area contributed by atoms with Crippen molar-refractivity contribution in [1.29, 1.82) is 0 Å². The van der Waals surface area contributed by atoms with Gasteiger partial charge in [-0.15, -0.1) is 11.3 Å². The Hall–Kier alpha value is -1.85. The number of nitrogens with one attached hydrogen (secondary N) is 1. The number of carboxylic acid groups (broad SMARTS) is 1. The van der Waals surface area contributed by atoms with E-state index in [1.807, 2.05) is 18.4 Å². The minimum absolute atomic E-state index is 0.161. The third kappa shape index (κ3) is 3.33. The molecular weight excluding hydrogens is 284 g/mol. The van der Waals surface area contributed by atoms with Gasteiger partial charge in [0.15, 0.2) is 0 Å². The summed E-state index contributed by atoms with van der Waals surface area (Å²) < 4.78 is 0. The van der Waals surface area contributed by atoms with Gasteiger partial charge in [0.1, 0.15) is 0 Å². The van der Waals surface area contributed by atoms with E-state index in [0.717, 1.165) is 10.4 Å². The number of hydrogen-bond acceptors (Lipinski definition) is 4. The molecule has 0 aliphatic rings. The molecule has 98 valence electrons. The third-order valence-electron chi connectivity index (χ3n) is 2.48. The molecule has 2 rings (SSSR count). The first-order valence-electron chi connectivity index (χ1n) is 5.44. The third-order valence-corrected chi connectivity index (χ3v) is 3.76. The van der Waals surface area contributed by atoms with Crippen molar-refractivity contribution in [2.24, 2.45) is 5.10 Å². The number of nitrogens with zero attached hydrogens (tertiary/aromatic N) is 1. The molecule has 2 N–H and O–H groups in total. The highest BCUT2D eigenvalue weighted by molar-refractivity contribution is 7.11. The Morgan fingerprint density at radius 2 is 2.26 bits per heavy atom. The van der Waals surface area contributed by atoms with Crippen molar-refractivity contribution in [3.05, 3.63) is 50.7 Å². The van der Waals surface area contributed by atoms with Crippen molar-refractivity contribution in [1.82, 2.24) is 0 Å². The molecular formula is C13H11ClN2O2S. The number of thiophene rings is 1. The lowest BCUT2D eigenvalue weighted by Crippen LogP contribution is -1.98. The van der Waals surface area contributed by atoms with Crippen molar-refractivity contribution in [3.8, 4) is 0 Å². The summed E-state index contributed by atoms with van der Waals surface area (Å²) in [6.45, 7) is 2.00. The molecule has 19 heavy (non-hydrogen) atoms. The number of hydrogen-bond donors (Lipinski definition) is 2. The van der Waals surface area contributed by atoms with Crippen molar-refractivity contribution < 1.29 is 9.90 Å². The Bertz CT molecular complexity index is 637. The number of anilines is 1. The largest absolute Gasteiger partial charge is 0.478 e. The number of halogens is 1. The number of hydrazone groups is 1. The van der Waals surface area contributed by atoms with Crippen LogP contribution in [0.3, 0.4) is 0 Å². The molecule has 2 aromatic rings. The number of aryl methyl sites for hydroxylation is 1. The summed E-state index contributed by atoms with van der Waals surface area (Å²) in [5.74, 6) is -1.00. The number of benzene rings is 1. The van der Waals surface area contributed by atoms with E-state index in [2.05, 4.69) is 10.5 Å². The van der Waals surface area contributed by atoms with Gasteiger partial charge < -0.3 is 5.11 Å². The van der Waals surface area contributed by atoms with Crippen LogP contribution in [0.1, 0.15) is 20.8 Å². The number of carbonyl (C=O) groups is 1. The summed E-state index contributed by atoms with van der Waals surface area (Å²) in [6, 6.07) is 6.43. The standard InChI is InChI=1S/C13H11ClN2O2S/c1-8-4-5-19-12(8)7-15-16-11-6-9(13(17)18)2-3-10(11)14/h2-7,16H,1H3,(H,17,18)/b15-7-. The second-order valence-corrected chi connectivity index (χ2v) is 5.19. The second-order valence-electron chi connectivity index (χ2n) is 3.84. The summed E-state index contributed by atoms with van der Waals surface area (Å²) >= 11 is 7.55. The molecule has 0 saturated heterocycles. The molecule has 0 atom stereocenters. The highest BCUT2D eigenvalue weighted by Crippen LogP contribution is 2.23. The van der Waals surface area contributed by atoms with E-state index in [4.69, 9.17) is 16.7 Å². The summed E-state index contributed by atoms with van der Waals surface area (Å²) in [5.41, 5.74) is 4.52. The van der Waals surface area contributed by atoms with Crippen LogP contribution in [0.4, 0.5) is 5.69 Å². The SMILES string of the molecule is Cc1ccsc1/C=N\Nc1cc(C(=O)O)ccc1Cl. The maximum Gasteiger partial charge on any atom is 0.335 e. The van der Waals surface area contributed by atoms with Gasteiger partial charge in [-0.1, -0.05) is 11.6 Å². The van der Waals surface area contributed by atoms with Gasteiger partial charge in [-0.25, -0.2) is 4.79 Å². The molecule has 0 bridgehead atoms. The Balaban J connectivity index is 2.15. The minimum atomic E-state index is -1.00. The van der Waals surface area contributed by atoms with Crippen molar-refractivity contribution in [2.45, 2.75) is 6.92 Å². The van der Waals surface area contributed by atoms with Crippen LogP contribution in [0.15, 0.2) is 34.7 Å². The van der Waals surface area contributed by atoms with Crippen molar-refractivity contribution >= 4 is 40.8 Å². The van der Waals surface area contributed by atoms with Crippen LogP contribution in [0.2, 0.25) is 5.02 Å². The minimum Gasteiger partial charge on any atom is -0.478 e. The second kappa shape index (κ2) is 5.86. The maximum absolute atomic E-state index is 10.9. The van der Waals surface area contributed by atoms with E-state index in [9.17, 15) is 4.79 Å². The molecule has 0 saturated carbocycles. The zero-order valence-electron chi connectivity index (χ0n) is 10.1. The summed E-state index contributed by atoms with van der Waals surface area (Å²) in [5, 5.41) is 15.4. The predicted octanol–water partition coefficient (Wildman–Crippen LogP) is 3.85. The molecule has 1 heterocycles. The molecule has 6 heteroatoms. The first-order valence-corrected chi connectivity index (χ1v) is 6.69. The fourth-order valence-electron chi connectivity index (χ4n) is 1.42. The number of carboxylic acids is 1. The van der Waals surface area contributed by atoms with Gasteiger partial charge in [-0.2, -0.15) is 5.10 Å². The molecule has 0 radical (unpaired) electrons. The van der Waals surface area contributed by atoms with E-state index in [0.29, 0.717) is 10.7 Å². The van der Waals surface area contributed by atoms with Gasteiger partial charge >= 0.3 is 5.97 Å². The van der Waals surface area contributed by atoms with E-state index >= 15 is 0 Å². The topological polar surface area (TPSA) is 61.7 Å². The maximum atomic E-state index is 10.9. The monoisotopic (exact) mass is 294 g/mol. The molecule has 0 fully saturated rings. The lowest BCUT2D eigenvalue weighted by molar-refractivity contribution is 0.0697. The average Bonchev–Trinajstić information content (AvgIpc) is 2.77. The van der Waals surface area contributed by atoms with Gasteiger partial charge in [0, 0.05) is 4.88 Å². The molecule has 4 nitrogen and oxygen atoms in total. The quantitative estimate of drug-likeness (QED) is 0.665. The molecule has 1 aromatic carbocycles. The smallest absolute Gasteiger partial charge is 0.335 e. The summed E-state index contributed by atoms with van der Waals surface area (Å²) in [6.07, 6.45) is 1.68. The van der Waals surface area contributed by atoms with Crippen LogP contribution >= 0.6 is 22.9 Å². The molecule has 0 aliphatic carbocycles. The highest BCUT2D eigenvalue weighted by atomic mass is 35.5. The molecule has 0 spiro atoms. The van der Waals surface area contributed by atoms with E-state index in [-0.39, 0.29) is 5.56 Å². The first kappa shape index (κ1) is 13.6. The van der Waals surface area contributed by atoms with Gasteiger partial charge in [-0.3, -0.25) is 5.43 Å². The zero-order valence-corrected chi connectivity index (χ0v) is 11.6. The highest BCUT2D eigenvalue weighted by Gasteiger charge is 2.06. The zero-order chi connectivity index (χ0) is 13.8. The summed E-state index contributed by atoms with van der Waals surface area (Å²) in [7, 11) is 0. The Morgan fingerprint density at radius 1 is 1.47 bits per heavy atom. The van der Waals surface area contributed by atoms with Gasteiger partial charge in [0.25, 0.3) is 0 Å². The Labute approximate surface area is 119 Å². The van der Waals surface area contributed by atoms with Crippen LogP contribution in [0.25, 0.3) is 0 Å². The normalized spacial score (nSPS) is 10.8. The van der Waals surface area contributed by atoms with Crippen LogP contribution in [0.5, 0.6) is 0 Å². The molecule has 1 aromatic heterocycles. The number of rotatable bonds is 4. The van der Waals surface area contributed by atoms with Crippen LogP contribution in [-0.4, -0.2) is 17.3 Å². The predicted molar refractivity (Wildman–Crippen MR) is 78.7 cm³/mol. The van der Waals surface area contributed by atoms with Crippen LogP contribution < -0.4 is 5.43 Å². The van der Waals surface area contributed by atoms with Crippen LogP contribution in [-0.2, 0) is 0 Å². The van der Waals surface area contributed by atoms with Crippen molar-refractivity contribution in [3.63, 3.8) is 0 Å². The Morgan fingerprint density at radius 3 is 2.89 bits per heavy atom. The Kier molecular flexibility index (Phi) is 4.19. The lowest BCUT2D eigenvalue weighted by atomic mass is 10.2. The van der Waals surface area contributed by atoms with E-state index < -0.39 is 5.97 Å². The fourth-order valence-corrected chi connectivity index (χ4v) is 2.37. The summed E-state index contributed by atoms with van der Waals surface area (Å²) in [4.78, 5) is 11.9. The number of aromatic carboxylic acids is 1. The fraction of sp³-hybridized carbons (Fsp3) is 0.0769. The van der Waals surface area contributed by atoms with Gasteiger partial charge in [0.2, 0.25) is 0 Å². The molecule has 0 amide bonds. The molecule has 0 unspecified atom stereocenters. The average molecular weight is 295 g/mol. The van der Waals surface area contributed by atoms with Gasteiger partial charge in [-0.05, 0) is 42.1 Å².